The van der Waals surface area contributed by atoms with Crippen LogP contribution in [-0.2, 0) is 15.9 Å². The third-order valence-corrected chi connectivity index (χ3v) is 6.17. The summed E-state index contributed by atoms with van der Waals surface area (Å²) in [7, 11) is 1.31. The molecule has 1 saturated heterocycles. The molecule has 3 heterocycles. The molecule has 1 N–H and O–H groups in total. The first kappa shape index (κ1) is 20.9. The summed E-state index contributed by atoms with van der Waals surface area (Å²) in [5, 5.41) is 5.54. The van der Waals surface area contributed by atoms with Gasteiger partial charge in [0, 0.05) is 0 Å². The number of nitrogens with one attached hydrogen (secondary N) is 1. The van der Waals surface area contributed by atoms with E-state index in [0.717, 1.165) is 33.4 Å². The Labute approximate surface area is 179 Å². The van der Waals surface area contributed by atoms with Crippen LogP contribution in [0.3, 0.4) is 0 Å². The Balaban J connectivity index is 1.54. The van der Waals surface area contributed by atoms with Crippen molar-refractivity contribution in [2.45, 2.75) is 52.4 Å². The Morgan fingerprint density at radius 3 is 2.37 bits per heavy atom. The van der Waals surface area contributed by atoms with Gasteiger partial charge in [-0.2, -0.15) is 0 Å². The summed E-state index contributed by atoms with van der Waals surface area (Å²) in [5.74, 6) is 3.78. The van der Waals surface area contributed by atoms with Gasteiger partial charge >= 0.3 is 179 Å². The van der Waals surface area contributed by atoms with Crippen molar-refractivity contribution in [3.63, 3.8) is 0 Å². The first-order chi connectivity index (χ1) is 14.2. The number of pyridine rings is 1. The van der Waals surface area contributed by atoms with E-state index in [1.54, 1.807) is 7.11 Å². The molecule has 0 spiro atoms. The molecule has 154 valence electrons. The number of aromatic nitrogens is 1. The molecule has 2 aromatic heterocycles. The summed E-state index contributed by atoms with van der Waals surface area (Å²) in [6.45, 7) is 13.1. The first-order valence-electron chi connectivity index (χ1n) is 10.3. The van der Waals surface area contributed by atoms with Crippen LogP contribution < -0.4 is 15.4 Å². The fraction of sp³-hybridized carbons (Fsp3) is 0.391. The predicted octanol–water partition coefficient (Wildman–Crippen LogP) is 3.80. The van der Waals surface area contributed by atoms with Crippen LogP contribution in [0.1, 0.15) is 38.8 Å². The molecule has 1 fully saturated rings. The molecule has 3 aromatic rings. The van der Waals surface area contributed by atoms with Gasteiger partial charge in [-0.1, -0.05) is 0 Å². The van der Waals surface area contributed by atoms with Gasteiger partial charge in [0.05, 0.1) is 0 Å². The van der Waals surface area contributed by atoms with Gasteiger partial charge in [-0.3, -0.25) is 0 Å². The van der Waals surface area contributed by atoms with E-state index >= 15 is 0 Å². The second-order valence-electron chi connectivity index (χ2n) is 8.90. The number of hydrogen-bond acceptors (Lipinski definition) is 5. The molecule has 4 rings (SSSR count). The average Bonchev–Trinajstić information content (AvgIpc) is 2.93. The molecule has 5 nitrogen and oxygen atoms in total. The quantitative estimate of drug-likeness (QED) is 0.659. The molecule has 0 radical (unpaired) electrons. The van der Waals surface area contributed by atoms with Crippen LogP contribution in [0, 0.1) is 6.92 Å². The van der Waals surface area contributed by atoms with Crippen LogP contribution in [0.4, 0.5) is 5.82 Å². The maximum absolute atomic E-state index is 6.19. The monoisotopic (exact) mass is 402 g/mol. The fourth-order valence-corrected chi connectivity index (χ4v) is 3.53. The van der Waals surface area contributed by atoms with Crippen LogP contribution in [0.2, 0.25) is 0 Å². The van der Waals surface area contributed by atoms with Crippen LogP contribution in [0.25, 0.3) is 10.9 Å². The summed E-state index contributed by atoms with van der Waals surface area (Å²) in [6, 6.07) is 12.3. The van der Waals surface area contributed by atoms with Crippen molar-refractivity contribution in [2.75, 3.05) is 12.4 Å². The van der Waals surface area contributed by atoms with Gasteiger partial charge in [-0.15, -0.1) is 0 Å². The molecule has 0 aliphatic carbocycles. The van der Waals surface area contributed by atoms with Crippen LogP contribution >= 0.6 is 0 Å². The molecule has 0 amide bonds. The Morgan fingerprint density at radius 1 is 1.07 bits per heavy atom. The van der Waals surface area contributed by atoms with E-state index in [1.165, 1.54) is 5.56 Å². The number of benzene rings is 1. The van der Waals surface area contributed by atoms with Crippen molar-refractivity contribution < 1.29 is 14.0 Å². The van der Waals surface area contributed by atoms with Gasteiger partial charge in [-0.25, -0.2) is 0 Å². The summed E-state index contributed by atoms with van der Waals surface area (Å²) < 4.78 is 17.6. The molecule has 7 heteroatoms. The van der Waals surface area contributed by atoms with Gasteiger partial charge in [-0.05, 0) is 0 Å². The molecule has 1 aliphatic rings. The summed E-state index contributed by atoms with van der Waals surface area (Å²) in [6.07, 6.45) is 0. The van der Waals surface area contributed by atoms with Crippen molar-refractivity contribution in [1.29, 1.82) is 0 Å². The summed E-state index contributed by atoms with van der Waals surface area (Å²) in [5.41, 5.74) is 2.51. The number of rotatable bonds is 5. The van der Waals surface area contributed by atoms with Crippen LogP contribution in [-0.4, -0.2) is 37.3 Å². The van der Waals surface area contributed by atoms with Crippen LogP contribution in [0.5, 0.6) is 5.75 Å². The van der Waals surface area contributed by atoms with Crippen LogP contribution in [0.15, 0.2) is 42.4 Å². The van der Waals surface area contributed by atoms with Crippen molar-refractivity contribution >= 4 is 36.1 Å². The normalized spacial score (nSPS) is 17.2. The standard InChI is InChI=1S/C23H28B2N2O3/c1-15-11-17-12-20(25-29-22(2,3)23(4,5)30-25)24-13-19(17)27-21(15)26-14-16-7-9-18(28-6)10-8-16/h7-13H,14H2,1-6H3,(H,26,27). The average molecular weight is 402 g/mol. The molecular weight excluding hydrogens is 374 g/mol. The minimum absolute atomic E-state index is 0.351. The van der Waals surface area contributed by atoms with E-state index in [1.807, 2.05) is 25.0 Å². The van der Waals surface area contributed by atoms with Crippen molar-refractivity contribution in [1.82, 2.24) is 4.98 Å². The van der Waals surface area contributed by atoms with Crippen molar-refractivity contribution in [3.8, 4) is 5.75 Å². The molecule has 30 heavy (non-hydrogen) atoms. The second kappa shape index (κ2) is 7.71. The van der Waals surface area contributed by atoms with Gasteiger partial charge in [0.2, 0.25) is 0 Å². The Hall–Kier alpha value is -2.37. The van der Waals surface area contributed by atoms with Gasteiger partial charge < -0.3 is 0 Å². The number of fused-ring (bicyclic) bond motifs is 1. The van der Waals surface area contributed by atoms with Crippen molar-refractivity contribution in [3.05, 3.63) is 53.5 Å². The molecule has 0 unspecified atom stereocenters. The SMILES string of the molecule is COc1ccc(CNc2nc3cbc(B4OC(C)(C)C(C)(C)O4)cc3cc2C)cc1. The summed E-state index contributed by atoms with van der Waals surface area (Å²) in [4.78, 5) is 4.83. The zero-order valence-corrected chi connectivity index (χ0v) is 18.6. The molecular formula is C23H28B2N2O3. The molecule has 0 saturated carbocycles. The van der Waals surface area contributed by atoms with E-state index < -0.39 is 0 Å². The number of hydrogen-bond donors (Lipinski definition) is 1. The topological polar surface area (TPSA) is 52.6 Å². The van der Waals surface area contributed by atoms with E-state index in [2.05, 4.69) is 64.2 Å². The third kappa shape index (κ3) is 3.96. The Morgan fingerprint density at radius 2 is 1.73 bits per heavy atom. The maximum atomic E-state index is 6.19. The Bertz CT molecular complexity index is 1050. The molecule has 0 bridgehead atoms. The zero-order valence-electron chi connectivity index (χ0n) is 18.6. The number of nitrogens with zero attached hydrogens (tertiary/aromatic N) is 1. The zero-order chi connectivity index (χ0) is 21.5. The van der Waals surface area contributed by atoms with Crippen molar-refractivity contribution in [2.24, 2.45) is 0 Å². The minimum atomic E-state index is -0.368. The Kier molecular flexibility index (Phi) is 5.37. The van der Waals surface area contributed by atoms with E-state index in [4.69, 9.17) is 19.0 Å². The fourth-order valence-electron chi connectivity index (χ4n) is 3.53. The van der Waals surface area contributed by atoms with E-state index in [-0.39, 0.29) is 18.3 Å². The summed E-state index contributed by atoms with van der Waals surface area (Å²) >= 11 is 0. The third-order valence-electron chi connectivity index (χ3n) is 6.17. The number of ether oxygens (including phenoxy) is 1. The second-order valence-corrected chi connectivity index (χ2v) is 8.90. The van der Waals surface area contributed by atoms with E-state index in [9.17, 15) is 0 Å². The number of aryl methyl sites for hydroxylation is 1. The van der Waals surface area contributed by atoms with E-state index in [0.29, 0.717) is 6.54 Å². The van der Waals surface area contributed by atoms with Gasteiger partial charge in [0.15, 0.2) is 0 Å². The number of methoxy groups -OCH3 is 1. The first-order valence-corrected chi connectivity index (χ1v) is 10.3. The molecule has 1 aliphatic heterocycles. The number of anilines is 1. The predicted molar refractivity (Wildman–Crippen MR) is 124 cm³/mol. The van der Waals surface area contributed by atoms with Gasteiger partial charge in [0.1, 0.15) is 0 Å². The molecule has 0 atom stereocenters. The van der Waals surface area contributed by atoms with Gasteiger partial charge in [0.25, 0.3) is 0 Å². The molecule has 1 aromatic carbocycles.